The van der Waals surface area contributed by atoms with Crippen LogP contribution in [0.2, 0.25) is 0 Å². The molecule has 28 heavy (non-hydrogen) atoms. The van der Waals surface area contributed by atoms with Crippen LogP contribution in [0.5, 0.6) is 0 Å². The Hall–Kier alpha value is -2.67. The van der Waals surface area contributed by atoms with Gasteiger partial charge in [-0.3, -0.25) is 14.0 Å². The van der Waals surface area contributed by atoms with E-state index in [0.29, 0.717) is 22.4 Å². The molecule has 0 spiro atoms. The fourth-order valence-electron chi connectivity index (χ4n) is 3.57. The SMILES string of the molecule is CCN(CC)CCCC(C)NC(=O)c1cc2c(=O)n3ccccc3nc2n1C. The Bertz CT molecular complexity index is 1030. The van der Waals surface area contributed by atoms with Crippen LogP contribution in [0.4, 0.5) is 0 Å². The second-order valence-electron chi connectivity index (χ2n) is 7.22. The lowest BCUT2D eigenvalue weighted by molar-refractivity contribution is 0.0929. The van der Waals surface area contributed by atoms with E-state index in [4.69, 9.17) is 0 Å². The number of amides is 1. The molecule has 1 atom stereocenters. The van der Waals surface area contributed by atoms with Gasteiger partial charge in [-0.15, -0.1) is 0 Å². The van der Waals surface area contributed by atoms with Gasteiger partial charge in [0.15, 0.2) is 0 Å². The summed E-state index contributed by atoms with van der Waals surface area (Å²) in [5.41, 5.74) is 1.38. The van der Waals surface area contributed by atoms with Gasteiger partial charge >= 0.3 is 0 Å². The van der Waals surface area contributed by atoms with Gasteiger partial charge in [0.25, 0.3) is 11.5 Å². The highest BCUT2D eigenvalue weighted by Crippen LogP contribution is 2.15. The third-order valence-corrected chi connectivity index (χ3v) is 5.33. The number of nitrogens with zero attached hydrogens (tertiary/aromatic N) is 4. The van der Waals surface area contributed by atoms with Crippen LogP contribution in [-0.4, -0.2) is 50.4 Å². The Balaban J connectivity index is 1.77. The third kappa shape index (κ3) is 3.94. The Morgan fingerprint density at radius 1 is 1.29 bits per heavy atom. The fourth-order valence-corrected chi connectivity index (χ4v) is 3.57. The molecule has 1 unspecified atom stereocenters. The smallest absolute Gasteiger partial charge is 0.268 e. The van der Waals surface area contributed by atoms with Gasteiger partial charge in [-0.1, -0.05) is 19.9 Å². The molecule has 0 saturated heterocycles. The van der Waals surface area contributed by atoms with Gasteiger partial charge in [-0.25, -0.2) is 4.98 Å². The van der Waals surface area contributed by atoms with Crippen LogP contribution < -0.4 is 10.9 Å². The van der Waals surface area contributed by atoms with Gasteiger partial charge in [0.2, 0.25) is 0 Å². The number of carbonyl (C=O) groups excluding carboxylic acids is 1. The highest BCUT2D eigenvalue weighted by molar-refractivity contribution is 5.98. The molecule has 3 aromatic rings. The van der Waals surface area contributed by atoms with Crippen molar-refractivity contribution in [1.29, 1.82) is 0 Å². The lowest BCUT2D eigenvalue weighted by atomic mass is 10.1. The van der Waals surface area contributed by atoms with Gasteiger partial charge in [0.05, 0.1) is 5.39 Å². The molecule has 0 aliphatic carbocycles. The molecular formula is C21H29N5O2. The summed E-state index contributed by atoms with van der Waals surface area (Å²) in [4.78, 5) is 32.4. The molecule has 7 nitrogen and oxygen atoms in total. The first-order chi connectivity index (χ1) is 13.5. The Morgan fingerprint density at radius 2 is 2.04 bits per heavy atom. The highest BCUT2D eigenvalue weighted by atomic mass is 16.2. The zero-order valence-corrected chi connectivity index (χ0v) is 17.1. The van der Waals surface area contributed by atoms with Crippen LogP contribution in [0.3, 0.4) is 0 Å². The molecule has 0 fully saturated rings. The minimum absolute atomic E-state index is 0.0641. The van der Waals surface area contributed by atoms with Crippen LogP contribution in [0.15, 0.2) is 35.3 Å². The molecule has 1 amide bonds. The zero-order valence-electron chi connectivity index (χ0n) is 17.1. The van der Waals surface area contributed by atoms with Gasteiger partial charge < -0.3 is 14.8 Å². The molecule has 3 heterocycles. The standard InChI is InChI=1S/C21H29N5O2/c1-5-25(6-2)12-9-10-15(3)22-20(27)17-14-16-19(24(17)4)23-18-11-7-8-13-26(18)21(16)28/h7-8,11,13-15H,5-6,9-10,12H2,1-4H3,(H,22,27). The molecule has 0 radical (unpaired) electrons. The van der Waals surface area contributed by atoms with Crippen molar-refractivity contribution >= 4 is 22.6 Å². The molecule has 0 aromatic carbocycles. The summed E-state index contributed by atoms with van der Waals surface area (Å²) in [6.45, 7) is 9.47. The van der Waals surface area contributed by atoms with E-state index in [-0.39, 0.29) is 17.5 Å². The number of carbonyl (C=O) groups is 1. The summed E-state index contributed by atoms with van der Waals surface area (Å²) < 4.78 is 3.20. The van der Waals surface area contributed by atoms with E-state index in [1.54, 1.807) is 36.0 Å². The number of nitrogens with one attached hydrogen (secondary N) is 1. The molecule has 0 aliphatic heterocycles. The van der Waals surface area contributed by atoms with Crippen LogP contribution in [0.1, 0.15) is 44.1 Å². The predicted molar refractivity (Wildman–Crippen MR) is 112 cm³/mol. The topological polar surface area (TPSA) is 71.6 Å². The summed E-state index contributed by atoms with van der Waals surface area (Å²) in [7, 11) is 1.77. The number of aromatic nitrogens is 3. The normalized spacial score (nSPS) is 12.8. The number of hydrogen-bond donors (Lipinski definition) is 1. The average molecular weight is 383 g/mol. The minimum Gasteiger partial charge on any atom is -0.348 e. The number of rotatable bonds is 8. The van der Waals surface area contributed by atoms with Gasteiger partial charge in [0, 0.05) is 19.3 Å². The van der Waals surface area contributed by atoms with Crippen LogP contribution in [0.25, 0.3) is 16.7 Å². The van der Waals surface area contributed by atoms with E-state index in [0.717, 1.165) is 32.5 Å². The molecule has 150 valence electrons. The zero-order chi connectivity index (χ0) is 20.3. The van der Waals surface area contributed by atoms with Crippen LogP contribution >= 0.6 is 0 Å². The molecular weight excluding hydrogens is 354 g/mol. The van der Waals surface area contributed by atoms with E-state index in [1.165, 1.54) is 4.40 Å². The predicted octanol–water partition coefficient (Wildman–Crippen LogP) is 2.43. The van der Waals surface area contributed by atoms with Crippen molar-refractivity contribution in [2.45, 2.75) is 39.7 Å². The molecule has 7 heteroatoms. The van der Waals surface area contributed by atoms with E-state index in [9.17, 15) is 9.59 Å². The summed E-state index contributed by atoms with van der Waals surface area (Å²) >= 11 is 0. The first-order valence-corrected chi connectivity index (χ1v) is 9.96. The quantitative estimate of drug-likeness (QED) is 0.648. The largest absolute Gasteiger partial charge is 0.348 e. The number of pyridine rings is 1. The lowest BCUT2D eigenvalue weighted by Gasteiger charge is -2.19. The third-order valence-electron chi connectivity index (χ3n) is 5.33. The maximum absolute atomic E-state index is 12.8. The van der Waals surface area contributed by atoms with Crippen molar-refractivity contribution in [2.75, 3.05) is 19.6 Å². The number of hydrogen-bond acceptors (Lipinski definition) is 4. The molecule has 0 bridgehead atoms. The van der Waals surface area contributed by atoms with Crippen LogP contribution in [-0.2, 0) is 7.05 Å². The van der Waals surface area contributed by atoms with Gasteiger partial charge in [0.1, 0.15) is 17.0 Å². The van der Waals surface area contributed by atoms with Crippen molar-refractivity contribution in [3.63, 3.8) is 0 Å². The second kappa shape index (κ2) is 8.56. The highest BCUT2D eigenvalue weighted by Gasteiger charge is 2.18. The summed E-state index contributed by atoms with van der Waals surface area (Å²) in [6, 6.07) is 7.12. The van der Waals surface area contributed by atoms with E-state index in [1.807, 2.05) is 13.0 Å². The van der Waals surface area contributed by atoms with Crippen molar-refractivity contribution in [2.24, 2.45) is 7.05 Å². The number of aryl methyl sites for hydroxylation is 1. The van der Waals surface area contributed by atoms with Gasteiger partial charge in [-0.2, -0.15) is 0 Å². The summed E-state index contributed by atoms with van der Waals surface area (Å²) in [6.07, 6.45) is 3.64. The van der Waals surface area contributed by atoms with Crippen molar-refractivity contribution < 1.29 is 4.79 Å². The maximum atomic E-state index is 12.8. The van der Waals surface area contributed by atoms with E-state index >= 15 is 0 Å². The fraction of sp³-hybridized carbons (Fsp3) is 0.476. The Morgan fingerprint density at radius 3 is 2.75 bits per heavy atom. The minimum atomic E-state index is -0.177. The average Bonchev–Trinajstić information content (AvgIpc) is 3.02. The molecule has 3 aromatic heterocycles. The Labute approximate surface area is 165 Å². The first-order valence-electron chi connectivity index (χ1n) is 9.96. The van der Waals surface area contributed by atoms with E-state index in [2.05, 4.69) is 29.0 Å². The van der Waals surface area contributed by atoms with Crippen molar-refractivity contribution in [3.05, 3.63) is 46.5 Å². The number of fused-ring (bicyclic) bond motifs is 2. The summed E-state index contributed by atoms with van der Waals surface area (Å²) in [5.74, 6) is -0.177. The molecule has 0 aliphatic rings. The first kappa shape index (κ1) is 20.1. The molecule has 3 rings (SSSR count). The van der Waals surface area contributed by atoms with Crippen molar-refractivity contribution in [1.82, 2.24) is 24.2 Å². The summed E-state index contributed by atoms with van der Waals surface area (Å²) in [5, 5.41) is 3.50. The second-order valence-corrected chi connectivity index (χ2v) is 7.22. The lowest BCUT2D eigenvalue weighted by Crippen LogP contribution is -2.34. The Kier molecular flexibility index (Phi) is 6.14. The monoisotopic (exact) mass is 383 g/mol. The molecule has 1 N–H and O–H groups in total. The molecule has 0 saturated carbocycles. The van der Waals surface area contributed by atoms with E-state index < -0.39 is 0 Å². The maximum Gasteiger partial charge on any atom is 0.268 e. The van der Waals surface area contributed by atoms with Gasteiger partial charge in [-0.05, 0) is 57.6 Å². The van der Waals surface area contributed by atoms with Crippen LogP contribution in [0, 0.1) is 0 Å². The van der Waals surface area contributed by atoms with Crippen molar-refractivity contribution in [3.8, 4) is 0 Å².